The molecular formula is C21H28N6O2. The van der Waals surface area contributed by atoms with Gasteiger partial charge in [0.05, 0.1) is 13.7 Å². The number of methoxy groups -OCH3 is 1. The summed E-state index contributed by atoms with van der Waals surface area (Å²) in [4.78, 5) is 2.47. The highest BCUT2D eigenvalue weighted by Crippen LogP contribution is 2.28. The van der Waals surface area contributed by atoms with E-state index in [0.29, 0.717) is 18.3 Å². The van der Waals surface area contributed by atoms with Gasteiger partial charge in [0.1, 0.15) is 18.2 Å². The van der Waals surface area contributed by atoms with Crippen molar-refractivity contribution in [1.82, 2.24) is 29.4 Å². The van der Waals surface area contributed by atoms with Crippen LogP contribution in [0.15, 0.2) is 36.7 Å². The Morgan fingerprint density at radius 1 is 1.24 bits per heavy atom. The third-order valence-corrected chi connectivity index (χ3v) is 5.65. The second-order valence-electron chi connectivity index (χ2n) is 7.62. The summed E-state index contributed by atoms with van der Waals surface area (Å²) >= 11 is 0. The molecule has 1 fully saturated rings. The van der Waals surface area contributed by atoms with Crippen molar-refractivity contribution >= 4 is 0 Å². The van der Waals surface area contributed by atoms with E-state index in [2.05, 4.69) is 32.3 Å². The molecule has 8 heteroatoms. The van der Waals surface area contributed by atoms with Crippen molar-refractivity contribution in [2.24, 2.45) is 7.05 Å². The number of hydrogen-bond donors (Lipinski definition) is 1. The van der Waals surface area contributed by atoms with Gasteiger partial charge in [-0.15, -0.1) is 10.2 Å². The highest BCUT2D eigenvalue weighted by molar-refractivity contribution is 5.37. The van der Waals surface area contributed by atoms with Gasteiger partial charge in [-0.3, -0.25) is 9.58 Å². The number of aromatic nitrogens is 5. The molecule has 1 aliphatic rings. The van der Waals surface area contributed by atoms with Crippen molar-refractivity contribution in [3.8, 4) is 5.75 Å². The van der Waals surface area contributed by atoms with E-state index in [0.717, 1.165) is 49.6 Å². The number of likely N-dealkylation sites (tertiary alicyclic amines) is 1. The smallest absolute Gasteiger partial charge is 0.158 e. The average Bonchev–Trinajstić information content (AvgIpc) is 3.38. The summed E-state index contributed by atoms with van der Waals surface area (Å²) < 4.78 is 9.39. The minimum Gasteiger partial charge on any atom is -0.496 e. The third kappa shape index (κ3) is 4.33. The Kier molecular flexibility index (Phi) is 5.92. The van der Waals surface area contributed by atoms with Gasteiger partial charge in [0.25, 0.3) is 0 Å². The fourth-order valence-electron chi connectivity index (χ4n) is 4.16. The second kappa shape index (κ2) is 8.75. The van der Waals surface area contributed by atoms with Crippen LogP contribution >= 0.6 is 0 Å². The SMILES string of the molecule is COc1ccc(CN2CCCC(c3nnc(CO)n3C)C2)cc1Cn1cccn1. The first-order valence-electron chi connectivity index (χ1n) is 10.0. The van der Waals surface area contributed by atoms with Gasteiger partial charge in [0.2, 0.25) is 0 Å². The van der Waals surface area contributed by atoms with E-state index in [4.69, 9.17) is 4.74 Å². The van der Waals surface area contributed by atoms with Gasteiger partial charge in [-0.2, -0.15) is 5.10 Å². The lowest BCUT2D eigenvalue weighted by atomic mass is 9.96. The van der Waals surface area contributed by atoms with E-state index in [1.54, 1.807) is 13.3 Å². The topological polar surface area (TPSA) is 81.2 Å². The molecule has 2 aromatic heterocycles. The Hall–Kier alpha value is -2.71. The summed E-state index contributed by atoms with van der Waals surface area (Å²) in [6, 6.07) is 8.34. The number of nitrogens with zero attached hydrogens (tertiary/aromatic N) is 6. The maximum atomic E-state index is 9.39. The van der Waals surface area contributed by atoms with Crippen LogP contribution in [0, 0.1) is 0 Å². The number of piperidine rings is 1. The molecule has 0 aliphatic carbocycles. The Morgan fingerprint density at radius 2 is 2.14 bits per heavy atom. The van der Waals surface area contributed by atoms with E-state index in [9.17, 15) is 5.11 Å². The summed E-state index contributed by atoms with van der Waals surface area (Å²) in [6.07, 6.45) is 5.98. The molecule has 3 heterocycles. The Bertz CT molecular complexity index is 937. The van der Waals surface area contributed by atoms with Crippen LogP contribution < -0.4 is 4.74 Å². The molecule has 0 saturated carbocycles. The van der Waals surface area contributed by atoms with Crippen molar-refractivity contribution in [3.63, 3.8) is 0 Å². The fourth-order valence-corrected chi connectivity index (χ4v) is 4.16. The van der Waals surface area contributed by atoms with Crippen LogP contribution in [0.5, 0.6) is 5.75 Å². The summed E-state index contributed by atoms with van der Waals surface area (Å²) in [7, 11) is 3.64. The maximum Gasteiger partial charge on any atom is 0.158 e. The van der Waals surface area contributed by atoms with Crippen molar-refractivity contribution < 1.29 is 9.84 Å². The number of ether oxygens (including phenoxy) is 1. The summed E-state index contributed by atoms with van der Waals surface area (Å²) in [5, 5.41) is 22.1. The van der Waals surface area contributed by atoms with Crippen LogP contribution in [0.1, 0.15) is 41.5 Å². The number of benzene rings is 1. The number of hydrogen-bond acceptors (Lipinski definition) is 6. The largest absolute Gasteiger partial charge is 0.496 e. The number of rotatable bonds is 7. The predicted octanol–water partition coefficient (Wildman–Crippen LogP) is 1.94. The highest BCUT2D eigenvalue weighted by atomic mass is 16.5. The summed E-state index contributed by atoms with van der Waals surface area (Å²) in [5.74, 6) is 2.81. The monoisotopic (exact) mass is 396 g/mol. The zero-order valence-corrected chi connectivity index (χ0v) is 17.0. The number of aliphatic hydroxyl groups is 1. The van der Waals surface area contributed by atoms with Crippen molar-refractivity contribution in [2.75, 3.05) is 20.2 Å². The lowest BCUT2D eigenvalue weighted by molar-refractivity contribution is 0.194. The lowest BCUT2D eigenvalue weighted by Gasteiger charge is -2.32. The second-order valence-corrected chi connectivity index (χ2v) is 7.62. The first-order chi connectivity index (χ1) is 14.2. The van der Waals surface area contributed by atoms with E-state index in [1.165, 1.54) is 5.56 Å². The van der Waals surface area contributed by atoms with Gasteiger partial charge in [0.15, 0.2) is 5.82 Å². The van der Waals surface area contributed by atoms with Gasteiger partial charge in [-0.05, 0) is 43.1 Å². The molecule has 3 aromatic rings. The summed E-state index contributed by atoms with van der Waals surface area (Å²) in [6.45, 7) is 3.51. The zero-order valence-electron chi connectivity index (χ0n) is 17.0. The zero-order chi connectivity index (χ0) is 20.2. The van der Waals surface area contributed by atoms with Gasteiger partial charge in [0, 0.05) is 44.0 Å². The standard InChI is InChI=1S/C21H28N6O2/c1-25-20(15-28)23-24-21(25)17-5-3-9-26(13-17)12-16-6-7-19(29-2)18(11-16)14-27-10-4-8-22-27/h4,6-8,10-11,17,28H,3,5,9,12-15H2,1-2H3. The van der Waals surface area contributed by atoms with Crippen LogP contribution in [0.4, 0.5) is 0 Å². The predicted molar refractivity (Wildman–Crippen MR) is 109 cm³/mol. The molecular weight excluding hydrogens is 368 g/mol. The third-order valence-electron chi connectivity index (χ3n) is 5.65. The molecule has 1 saturated heterocycles. The molecule has 1 aromatic carbocycles. The molecule has 1 N–H and O–H groups in total. The average molecular weight is 396 g/mol. The minimum absolute atomic E-state index is 0.0786. The van der Waals surface area contributed by atoms with E-state index in [1.807, 2.05) is 34.6 Å². The van der Waals surface area contributed by atoms with Gasteiger partial charge in [-0.1, -0.05) is 6.07 Å². The van der Waals surface area contributed by atoms with Crippen LogP contribution in [-0.2, 0) is 26.7 Å². The molecule has 29 heavy (non-hydrogen) atoms. The van der Waals surface area contributed by atoms with Crippen LogP contribution in [0.2, 0.25) is 0 Å². The molecule has 0 spiro atoms. The quantitative estimate of drug-likeness (QED) is 0.657. The normalized spacial score (nSPS) is 17.6. The maximum absolute atomic E-state index is 9.39. The molecule has 1 unspecified atom stereocenters. The molecule has 154 valence electrons. The first-order valence-corrected chi connectivity index (χ1v) is 10.0. The lowest BCUT2D eigenvalue weighted by Crippen LogP contribution is -2.34. The van der Waals surface area contributed by atoms with Crippen molar-refractivity contribution in [1.29, 1.82) is 0 Å². The Labute approximate surface area is 170 Å². The Morgan fingerprint density at radius 3 is 2.86 bits per heavy atom. The molecule has 1 atom stereocenters. The van der Waals surface area contributed by atoms with E-state index >= 15 is 0 Å². The van der Waals surface area contributed by atoms with Crippen LogP contribution in [0.25, 0.3) is 0 Å². The van der Waals surface area contributed by atoms with E-state index < -0.39 is 0 Å². The molecule has 0 amide bonds. The highest BCUT2D eigenvalue weighted by Gasteiger charge is 2.26. The van der Waals surface area contributed by atoms with Crippen molar-refractivity contribution in [2.45, 2.75) is 38.5 Å². The molecule has 4 rings (SSSR count). The van der Waals surface area contributed by atoms with E-state index in [-0.39, 0.29) is 6.61 Å². The minimum atomic E-state index is -0.0786. The van der Waals surface area contributed by atoms with Crippen LogP contribution in [-0.4, -0.2) is 54.8 Å². The Balaban J connectivity index is 1.47. The molecule has 0 bridgehead atoms. The molecule has 8 nitrogen and oxygen atoms in total. The van der Waals surface area contributed by atoms with Gasteiger partial charge < -0.3 is 14.4 Å². The van der Waals surface area contributed by atoms with Crippen LogP contribution in [0.3, 0.4) is 0 Å². The van der Waals surface area contributed by atoms with Gasteiger partial charge >= 0.3 is 0 Å². The molecule has 0 radical (unpaired) electrons. The molecule has 1 aliphatic heterocycles. The first kappa shape index (κ1) is 19.6. The van der Waals surface area contributed by atoms with Gasteiger partial charge in [-0.25, -0.2) is 0 Å². The summed E-state index contributed by atoms with van der Waals surface area (Å²) in [5.41, 5.74) is 2.39. The number of aliphatic hydroxyl groups excluding tert-OH is 1. The fraction of sp³-hybridized carbons (Fsp3) is 0.476. The van der Waals surface area contributed by atoms with Crippen molar-refractivity contribution in [3.05, 3.63) is 59.4 Å².